The van der Waals surface area contributed by atoms with Crippen molar-refractivity contribution in [3.05, 3.63) is 60.2 Å². The average molecular weight is 268 g/mol. The molecule has 3 rings (SSSR count). The van der Waals surface area contributed by atoms with Gasteiger partial charge in [-0.2, -0.15) is 5.10 Å². The summed E-state index contributed by atoms with van der Waals surface area (Å²) in [7, 11) is 0. The van der Waals surface area contributed by atoms with E-state index in [2.05, 4.69) is 20.7 Å². The second-order valence-corrected chi connectivity index (χ2v) is 4.24. The Hall–Kier alpha value is -2.89. The first-order chi connectivity index (χ1) is 9.83. The van der Waals surface area contributed by atoms with Crippen LogP contribution < -0.4 is 5.32 Å². The number of carbonyl (C=O) groups is 1. The molecule has 2 heterocycles. The first-order valence-corrected chi connectivity index (χ1v) is 6.09. The van der Waals surface area contributed by atoms with Gasteiger partial charge in [0.05, 0.1) is 12.7 Å². The number of nitrogens with one attached hydrogen (secondary N) is 2. The van der Waals surface area contributed by atoms with Crippen LogP contribution in [0.15, 0.2) is 53.5 Å². The summed E-state index contributed by atoms with van der Waals surface area (Å²) in [6.07, 6.45) is 4.97. The fourth-order valence-corrected chi connectivity index (χ4v) is 1.85. The van der Waals surface area contributed by atoms with Crippen molar-refractivity contribution in [3.63, 3.8) is 0 Å². The highest BCUT2D eigenvalue weighted by Gasteiger charge is 2.08. The molecule has 0 saturated carbocycles. The molecule has 0 atom stereocenters. The zero-order valence-corrected chi connectivity index (χ0v) is 10.5. The van der Waals surface area contributed by atoms with Crippen LogP contribution in [0.25, 0.3) is 11.1 Å². The topological polar surface area (TPSA) is 83.8 Å². The second kappa shape index (κ2) is 5.40. The monoisotopic (exact) mass is 268 g/mol. The summed E-state index contributed by atoms with van der Waals surface area (Å²) in [6.45, 7) is 0.339. The standard InChI is InChI=1S/C14H12N4O2/c19-14(15-9-13-4-5-20-18-13)11-3-1-2-10(6-11)12-7-16-17-8-12/h1-8H,9H2,(H,15,19)(H,16,17). The zero-order valence-electron chi connectivity index (χ0n) is 10.5. The smallest absolute Gasteiger partial charge is 0.251 e. The number of nitrogens with zero attached hydrogens (tertiary/aromatic N) is 2. The fourth-order valence-electron chi connectivity index (χ4n) is 1.85. The van der Waals surface area contributed by atoms with Gasteiger partial charge < -0.3 is 9.84 Å². The van der Waals surface area contributed by atoms with Crippen LogP contribution >= 0.6 is 0 Å². The maximum Gasteiger partial charge on any atom is 0.251 e. The van der Waals surface area contributed by atoms with E-state index < -0.39 is 0 Å². The van der Waals surface area contributed by atoms with E-state index in [1.54, 1.807) is 24.5 Å². The third-order valence-electron chi connectivity index (χ3n) is 2.88. The summed E-state index contributed by atoms with van der Waals surface area (Å²) in [5, 5.41) is 13.2. The van der Waals surface area contributed by atoms with Gasteiger partial charge in [-0.05, 0) is 17.7 Å². The van der Waals surface area contributed by atoms with Crippen LogP contribution in [-0.2, 0) is 6.54 Å². The van der Waals surface area contributed by atoms with Crippen molar-refractivity contribution in [2.24, 2.45) is 0 Å². The van der Waals surface area contributed by atoms with Gasteiger partial charge in [-0.25, -0.2) is 0 Å². The third-order valence-corrected chi connectivity index (χ3v) is 2.88. The maximum absolute atomic E-state index is 12.1. The summed E-state index contributed by atoms with van der Waals surface area (Å²) in [5.41, 5.74) is 3.15. The van der Waals surface area contributed by atoms with Gasteiger partial charge in [-0.15, -0.1) is 0 Å². The van der Waals surface area contributed by atoms with Gasteiger partial charge in [0.2, 0.25) is 0 Å². The highest BCUT2D eigenvalue weighted by Crippen LogP contribution is 2.18. The van der Waals surface area contributed by atoms with E-state index in [0.717, 1.165) is 11.1 Å². The highest BCUT2D eigenvalue weighted by atomic mass is 16.5. The number of rotatable bonds is 4. The van der Waals surface area contributed by atoms with Crippen molar-refractivity contribution in [3.8, 4) is 11.1 Å². The zero-order chi connectivity index (χ0) is 13.8. The number of benzene rings is 1. The molecule has 100 valence electrons. The summed E-state index contributed by atoms with van der Waals surface area (Å²) >= 11 is 0. The van der Waals surface area contributed by atoms with E-state index in [1.807, 2.05) is 18.2 Å². The average Bonchev–Trinajstić information content (AvgIpc) is 3.18. The van der Waals surface area contributed by atoms with Crippen molar-refractivity contribution in [1.82, 2.24) is 20.7 Å². The molecule has 0 radical (unpaired) electrons. The lowest BCUT2D eigenvalue weighted by Crippen LogP contribution is -2.22. The minimum absolute atomic E-state index is 0.154. The Morgan fingerprint density at radius 2 is 2.25 bits per heavy atom. The lowest BCUT2D eigenvalue weighted by atomic mass is 10.1. The number of amides is 1. The minimum atomic E-state index is -0.154. The summed E-state index contributed by atoms with van der Waals surface area (Å²) < 4.78 is 4.71. The molecule has 6 nitrogen and oxygen atoms in total. The van der Waals surface area contributed by atoms with Gasteiger partial charge in [-0.1, -0.05) is 17.3 Å². The molecule has 20 heavy (non-hydrogen) atoms. The lowest BCUT2D eigenvalue weighted by Gasteiger charge is -2.04. The van der Waals surface area contributed by atoms with E-state index in [9.17, 15) is 4.79 Å². The van der Waals surface area contributed by atoms with Gasteiger partial charge in [0.25, 0.3) is 5.91 Å². The second-order valence-electron chi connectivity index (χ2n) is 4.24. The molecular weight excluding hydrogens is 256 g/mol. The van der Waals surface area contributed by atoms with Crippen molar-refractivity contribution in [1.29, 1.82) is 0 Å². The molecule has 3 aromatic rings. The molecular formula is C14H12N4O2. The van der Waals surface area contributed by atoms with Gasteiger partial charge >= 0.3 is 0 Å². The Morgan fingerprint density at radius 1 is 1.30 bits per heavy atom. The van der Waals surface area contributed by atoms with E-state index in [-0.39, 0.29) is 5.91 Å². The molecule has 1 amide bonds. The summed E-state index contributed by atoms with van der Waals surface area (Å²) in [6, 6.07) is 9.07. The molecule has 1 aromatic carbocycles. The molecule has 0 saturated heterocycles. The lowest BCUT2D eigenvalue weighted by molar-refractivity contribution is 0.0950. The van der Waals surface area contributed by atoms with Crippen molar-refractivity contribution in [2.75, 3.05) is 0 Å². The molecule has 2 aromatic heterocycles. The number of aromatic nitrogens is 3. The van der Waals surface area contributed by atoms with Gasteiger partial charge in [0.15, 0.2) is 0 Å². The third kappa shape index (κ3) is 2.59. The Bertz CT molecular complexity index is 690. The Morgan fingerprint density at radius 3 is 3.00 bits per heavy atom. The molecule has 0 fully saturated rings. The van der Waals surface area contributed by atoms with Gasteiger partial charge in [0.1, 0.15) is 12.0 Å². The molecule has 0 bridgehead atoms. The first-order valence-electron chi connectivity index (χ1n) is 6.09. The maximum atomic E-state index is 12.1. The summed E-state index contributed by atoms with van der Waals surface area (Å²) in [5.74, 6) is -0.154. The van der Waals surface area contributed by atoms with Crippen LogP contribution in [0.3, 0.4) is 0 Å². The van der Waals surface area contributed by atoms with Crippen LogP contribution in [0, 0.1) is 0 Å². The SMILES string of the molecule is O=C(NCc1ccon1)c1cccc(-c2cn[nH]c2)c1. The Balaban J connectivity index is 1.73. The number of H-pyrrole nitrogens is 1. The molecule has 6 heteroatoms. The van der Waals surface area contributed by atoms with Gasteiger partial charge in [0, 0.05) is 23.4 Å². The number of aromatic amines is 1. The quantitative estimate of drug-likeness (QED) is 0.758. The first kappa shape index (κ1) is 12.2. The Kier molecular flexibility index (Phi) is 3.28. The van der Waals surface area contributed by atoms with E-state index in [4.69, 9.17) is 4.52 Å². The highest BCUT2D eigenvalue weighted by molar-refractivity contribution is 5.95. The molecule has 0 spiro atoms. The largest absolute Gasteiger partial charge is 0.364 e. The number of hydrogen-bond acceptors (Lipinski definition) is 4. The molecule has 0 aliphatic carbocycles. The van der Waals surface area contributed by atoms with Crippen LogP contribution in [0.1, 0.15) is 16.1 Å². The predicted octanol–water partition coefficient (Wildman–Crippen LogP) is 1.99. The van der Waals surface area contributed by atoms with E-state index >= 15 is 0 Å². The molecule has 2 N–H and O–H groups in total. The van der Waals surface area contributed by atoms with Crippen LogP contribution in [0.4, 0.5) is 0 Å². The minimum Gasteiger partial charge on any atom is -0.364 e. The fraction of sp³-hybridized carbons (Fsp3) is 0.0714. The van der Waals surface area contributed by atoms with Crippen molar-refractivity contribution >= 4 is 5.91 Å². The number of hydrogen-bond donors (Lipinski definition) is 2. The van der Waals surface area contributed by atoms with Crippen LogP contribution in [0.5, 0.6) is 0 Å². The Labute approximate surface area is 114 Å². The molecule has 0 unspecified atom stereocenters. The predicted molar refractivity (Wildman–Crippen MR) is 71.7 cm³/mol. The van der Waals surface area contributed by atoms with E-state index in [0.29, 0.717) is 17.8 Å². The summed E-state index contributed by atoms with van der Waals surface area (Å²) in [4.78, 5) is 12.1. The molecule has 0 aliphatic rings. The van der Waals surface area contributed by atoms with Crippen molar-refractivity contribution < 1.29 is 9.32 Å². The number of carbonyl (C=O) groups excluding carboxylic acids is 1. The van der Waals surface area contributed by atoms with Crippen LogP contribution in [0.2, 0.25) is 0 Å². The van der Waals surface area contributed by atoms with Gasteiger partial charge in [-0.3, -0.25) is 9.89 Å². The molecule has 0 aliphatic heterocycles. The van der Waals surface area contributed by atoms with Crippen molar-refractivity contribution in [2.45, 2.75) is 6.54 Å². The normalized spacial score (nSPS) is 10.4. The van der Waals surface area contributed by atoms with E-state index in [1.165, 1.54) is 6.26 Å². The van der Waals surface area contributed by atoms with Crippen LogP contribution in [-0.4, -0.2) is 21.3 Å².